The molecule has 130 valence electrons. The van der Waals surface area contributed by atoms with E-state index in [2.05, 4.69) is 26.3 Å². The van der Waals surface area contributed by atoms with Crippen molar-refractivity contribution in [3.8, 4) is 0 Å². The van der Waals surface area contributed by atoms with Crippen molar-refractivity contribution in [2.75, 3.05) is 11.5 Å². The summed E-state index contributed by atoms with van der Waals surface area (Å²) in [6.07, 6.45) is -0.525. The predicted octanol–water partition coefficient (Wildman–Crippen LogP) is 1.76. The van der Waals surface area contributed by atoms with Gasteiger partial charge in [-0.1, -0.05) is 22.0 Å². The van der Waals surface area contributed by atoms with Crippen LogP contribution in [0.25, 0.3) is 0 Å². The van der Waals surface area contributed by atoms with Crippen LogP contribution >= 0.6 is 15.9 Å². The number of carbonyl (C=O) groups is 3. The van der Waals surface area contributed by atoms with Crippen LogP contribution in [0.1, 0.15) is 19.8 Å². The maximum Gasteiger partial charge on any atom is 0.354 e. The third kappa shape index (κ3) is 2.72. The number of ether oxygens (including phenoxy) is 1. The molecular weight excluding hydrogens is 396 g/mol. The summed E-state index contributed by atoms with van der Waals surface area (Å²) in [4.78, 5) is 49.5. The number of nitrogens with zero attached hydrogens (tertiary/aromatic N) is 4. The smallest absolute Gasteiger partial charge is 0.354 e. The van der Waals surface area contributed by atoms with Crippen molar-refractivity contribution in [2.45, 2.75) is 25.3 Å². The van der Waals surface area contributed by atoms with E-state index in [0.717, 1.165) is 4.90 Å². The fourth-order valence-corrected chi connectivity index (χ4v) is 3.30. The molecular formula is C15H13BrN4O5. The van der Waals surface area contributed by atoms with Crippen molar-refractivity contribution in [1.82, 2.24) is 5.12 Å². The molecule has 1 saturated heterocycles. The molecule has 10 heteroatoms. The van der Waals surface area contributed by atoms with Crippen molar-refractivity contribution in [3.05, 3.63) is 33.6 Å². The summed E-state index contributed by atoms with van der Waals surface area (Å²) in [6, 6.07) is 6.63. The van der Waals surface area contributed by atoms with Crippen molar-refractivity contribution in [3.63, 3.8) is 0 Å². The number of halogens is 1. The molecule has 0 unspecified atom stereocenters. The summed E-state index contributed by atoms with van der Waals surface area (Å²) >= 11 is 3.28. The number of benzene rings is 1. The molecule has 0 N–H and O–H groups in total. The van der Waals surface area contributed by atoms with Crippen LogP contribution in [0.2, 0.25) is 0 Å². The van der Waals surface area contributed by atoms with E-state index in [1.54, 1.807) is 31.2 Å². The van der Waals surface area contributed by atoms with Crippen LogP contribution in [-0.2, 0) is 19.1 Å². The molecule has 1 aromatic rings. The van der Waals surface area contributed by atoms with Gasteiger partial charge >= 0.3 is 5.97 Å². The van der Waals surface area contributed by atoms with Gasteiger partial charge in [0.15, 0.2) is 11.3 Å². The fraction of sp³-hybridized carbons (Fsp3) is 0.333. The minimum Gasteiger partial charge on any atom is -0.461 e. The van der Waals surface area contributed by atoms with E-state index in [-0.39, 0.29) is 25.2 Å². The van der Waals surface area contributed by atoms with Gasteiger partial charge in [-0.3, -0.25) is 9.59 Å². The molecule has 2 heterocycles. The van der Waals surface area contributed by atoms with Gasteiger partial charge in [-0.15, -0.1) is 15.1 Å². The van der Waals surface area contributed by atoms with Gasteiger partial charge in [0.25, 0.3) is 5.91 Å². The van der Waals surface area contributed by atoms with Crippen LogP contribution in [-0.4, -0.2) is 40.8 Å². The highest BCUT2D eigenvalue weighted by molar-refractivity contribution is 9.10. The van der Waals surface area contributed by atoms with Gasteiger partial charge in [-0.05, 0) is 25.1 Å². The summed E-state index contributed by atoms with van der Waals surface area (Å²) < 4.78 is 5.54. The number of hydrogen-bond acceptors (Lipinski definition) is 7. The second kappa shape index (κ2) is 6.36. The van der Waals surface area contributed by atoms with Crippen LogP contribution in [0.3, 0.4) is 0 Å². The molecule has 0 saturated carbocycles. The van der Waals surface area contributed by atoms with Crippen LogP contribution in [0.15, 0.2) is 39.1 Å². The van der Waals surface area contributed by atoms with Gasteiger partial charge in [-0.2, -0.15) is 0 Å². The normalized spacial score (nSPS) is 22.6. The maximum absolute atomic E-state index is 13.0. The Labute approximate surface area is 150 Å². The highest BCUT2D eigenvalue weighted by atomic mass is 79.9. The van der Waals surface area contributed by atoms with Gasteiger partial charge in [0.05, 0.1) is 24.0 Å². The number of rotatable bonds is 4. The fourth-order valence-electron chi connectivity index (χ4n) is 2.91. The maximum atomic E-state index is 13.0. The van der Waals surface area contributed by atoms with Gasteiger partial charge in [0.1, 0.15) is 0 Å². The SMILES string of the molecule is CCOC(=O)C1=NN(N=O)[C@]2(CC(=O)N(c3cccc(Br)c3)C2=O)C1. The summed E-state index contributed by atoms with van der Waals surface area (Å²) in [7, 11) is 0. The highest BCUT2D eigenvalue weighted by Crippen LogP contribution is 2.41. The lowest BCUT2D eigenvalue weighted by Crippen LogP contribution is -2.48. The van der Waals surface area contributed by atoms with Crippen LogP contribution < -0.4 is 4.90 Å². The zero-order valence-corrected chi connectivity index (χ0v) is 14.7. The quantitative estimate of drug-likeness (QED) is 0.426. The number of hydrazone groups is 1. The van der Waals surface area contributed by atoms with E-state index in [1.165, 1.54) is 0 Å². The first kappa shape index (κ1) is 17.2. The molecule has 0 radical (unpaired) electrons. The van der Waals surface area contributed by atoms with E-state index < -0.39 is 23.3 Å². The molecule has 25 heavy (non-hydrogen) atoms. The summed E-state index contributed by atoms with van der Waals surface area (Å²) in [5, 5.41) is 7.11. The van der Waals surface area contributed by atoms with Gasteiger partial charge in [0, 0.05) is 10.9 Å². The standard InChI is InChI=1S/C15H13BrN4O5/c1-2-25-13(22)11-7-15(20(17-11)18-24)8-12(21)19(14(15)23)10-5-3-4-9(16)6-10/h3-6H,2,7-8H2,1H3/t15-/m0/s1. The van der Waals surface area contributed by atoms with Crippen molar-refractivity contribution in [1.29, 1.82) is 0 Å². The lowest BCUT2D eigenvalue weighted by atomic mass is 9.92. The number of amides is 2. The predicted molar refractivity (Wildman–Crippen MR) is 90.3 cm³/mol. The van der Waals surface area contributed by atoms with Crippen LogP contribution in [0.4, 0.5) is 5.69 Å². The molecule has 9 nitrogen and oxygen atoms in total. The Morgan fingerprint density at radius 3 is 2.80 bits per heavy atom. The van der Waals surface area contributed by atoms with Gasteiger partial charge in [-0.25, -0.2) is 9.69 Å². The first-order chi connectivity index (χ1) is 11.9. The molecule has 1 spiro atoms. The molecule has 3 rings (SSSR count). The Balaban J connectivity index is 1.95. The lowest BCUT2D eigenvalue weighted by molar-refractivity contribution is -0.135. The van der Waals surface area contributed by atoms with Crippen LogP contribution in [0, 0.1) is 4.91 Å². The van der Waals surface area contributed by atoms with Crippen LogP contribution in [0.5, 0.6) is 0 Å². The minimum atomic E-state index is -1.62. The molecule has 1 aromatic carbocycles. The zero-order chi connectivity index (χ0) is 18.2. The summed E-state index contributed by atoms with van der Waals surface area (Å²) in [6.45, 7) is 1.74. The first-order valence-corrected chi connectivity index (χ1v) is 8.23. The summed E-state index contributed by atoms with van der Waals surface area (Å²) in [5.74, 6) is -1.90. The number of imide groups is 1. The van der Waals surface area contributed by atoms with Crippen molar-refractivity contribution < 1.29 is 19.1 Å². The average molecular weight is 409 g/mol. The average Bonchev–Trinajstić information content (AvgIpc) is 3.06. The lowest BCUT2D eigenvalue weighted by Gasteiger charge is -2.24. The van der Waals surface area contributed by atoms with E-state index >= 15 is 0 Å². The van der Waals surface area contributed by atoms with E-state index in [0.29, 0.717) is 15.3 Å². The van der Waals surface area contributed by atoms with E-state index in [1.807, 2.05) is 0 Å². The molecule has 2 aliphatic rings. The van der Waals surface area contributed by atoms with E-state index in [4.69, 9.17) is 4.74 Å². The number of esters is 1. The monoisotopic (exact) mass is 408 g/mol. The van der Waals surface area contributed by atoms with Gasteiger partial charge < -0.3 is 4.74 Å². The highest BCUT2D eigenvalue weighted by Gasteiger charge is 2.61. The Morgan fingerprint density at radius 2 is 2.16 bits per heavy atom. The third-order valence-electron chi connectivity index (χ3n) is 4.01. The minimum absolute atomic E-state index is 0.112. The third-order valence-corrected chi connectivity index (χ3v) is 4.50. The molecule has 1 atom stereocenters. The molecule has 0 bridgehead atoms. The second-order valence-corrected chi connectivity index (χ2v) is 6.45. The largest absolute Gasteiger partial charge is 0.461 e. The number of anilines is 1. The Morgan fingerprint density at radius 1 is 1.40 bits per heavy atom. The van der Waals surface area contributed by atoms with Crippen molar-refractivity contribution >= 4 is 45.1 Å². The number of hydrogen-bond donors (Lipinski definition) is 0. The zero-order valence-electron chi connectivity index (χ0n) is 13.1. The summed E-state index contributed by atoms with van der Waals surface area (Å²) in [5.41, 5.74) is -1.38. The Hall–Kier alpha value is -2.62. The molecule has 0 aliphatic carbocycles. The molecule has 0 aromatic heterocycles. The van der Waals surface area contributed by atoms with Gasteiger partial charge in [0.2, 0.25) is 5.91 Å². The number of nitroso groups, excluding NO2 is 1. The Kier molecular flexibility index (Phi) is 4.38. The topological polar surface area (TPSA) is 109 Å². The number of carbonyl (C=O) groups excluding carboxylic acids is 3. The first-order valence-electron chi connectivity index (χ1n) is 7.44. The molecule has 2 amide bonds. The molecule has 2 aliphatic heterocycles. The van der Waals surface area contributed by atoms with Crippen molar-refractivity contribution in [2.24, 2.45) is 10.4 Å². The van der Waals surface area contributed by atoms with E-state index in [9.17, 15) is 19.3 Å². The molecule has 1 fully saturated rings. The second-order valence-electron chi connectivity index (χ2n) is 5.54. The Bertz CT molecular complexity index is 811.